The molecule has 1 aliphatic rings. The van der Waals surface area contributed by atoms with Crippen LogP contribution < -0.4 is 10.0 Å². The Kier molecular flexibility index (Phi) is 7.20. The molecule has 146 valence electrons. The van der Waals surface area contributed by atoms with Crippen molar-refractivity contribution in [2.45, 2.75) is 57.9 Å². The third-order valence-electron chi connectivity index (χ3n) is 4.76. The summed E-state index contributed by atoms with van der Waals surface area (Å²) in [6, 6.07) is 3.95. The Morgan fingerprint density at radius 3 is 2.46 bits per heavy atom. The van der Waals surface area contributed by atoms with Gasteiger partial charge in [-0.05, 0) is 51.3 Å². The maximum absolute atomic E-state index is 12.7. The maximum atomic E-state index is 12.7. The Bertz CT molecular complexity index is 717. The first-order valence-electron chi connectivity index (χ1n) is 9.34. The fourth-order valence-corrected chi connectivity index (χ4v) is 5.24. The third-order valence-corrected chi connectivity index (χ3v) is 6.53. The number of benzene rings is 1. The lowest BCUT2D eigenvalue weighted by atomic mass is 10.1. The van der Waals surface area contributed by atoms with Gasteiger partial charge in [-0.3, -0.25) is 4.79 Å². The summed E-state index contributed by atoms with van der Waals surface area (Å²) >= 11 is 0. The van der Waals surface area contributed by atoms with Crippen molar-refractivity contribution in [3.63, 3.8) is 0 Å². The van der Waals surface area contributed by atoms with Crippen LogP contribution in [-0.4, -0.2) is 51.4 Å². The van der Waals surface area contributed by atoms with Crippen molar-refractivity contribution in [1.29, 1.82) is 0 Å². The molecule has 6 nitrogen and oxygen atoms in total. The van der Waals surface area contributed by atoms with Gasteiger partial charge in [0, 0.05) is 32.1 Å². The number of carbonyl (C=O) groups excluding carboxylic acids is 1. The molecule has 1 atom stereocenters. The Morgan fingerprint density at radius 2 is 1.92 bits per heavy atom. The van der Waals surface area contributed by atoms with Gasteiger partial charge in [-0.25, -0.2) is 13.1 Å². The summed E-state index contributed by atoms with van der Waals surface area (Å²) in [6.45, 7) is 10.2. The number of sulfonamides is 1. The van der Waals surface area contributed by atoms with Crippen molar-refractivity contribution in [2.24, 2.45) is 0 Å². The van der Waals surface area contributed by atoms with Crippen LogP contribution in [0.4, 0.5) is 0 Å². The summed E-state index contributed by atoms with van der Waals surface area (Å²) in [5.41, 5.74) is 2.49. The van der Waals surface area contributed by atoms with Gasteiger partial charge < -0.3 is 10.2 Å². The highest BCUT2D eigenvalue weighted by atomic mass is 32.2. The Morgan fingerprint density at radius 1 is 1.27 bits per heavy atom. The van der Waals surface area contributed by atoms with Crippen molar-refractivity contribution in [1.82, 2.24) is 14.9 Å². The van der Waals surface area contributed by atoms with Crippen LogP contribution in [0.2, 0.25) is 0 Å². The largest absolute Gasteiger partial charge is 0.338 e. The van der Waals surface area contributed by atoms with E-state index in [4.69, 9.17) is 0 Å². The molecule has 1 heterocycles. The van der Waals surface area contributed by atoms with Gasteiger partial charge in [0.1, 0.15) is 0 Å². The summed E-state index contributed by atoms with van der Waals surface area (Å²) < 4.78 is 27.9. The van der Waals surface area contributed by atoms with Crippen LogP contribution in [-0.2, 0) is 14.8 Å². The molecule has 1 amide bonds. The van der Waals surface area contributed by atoms with Gasteiger partial charge in [0.25, 0.3) is 0 Å². The molecule has 1 fully saturated rings. The van der Waals surface area contributed by atoms with Gasteiger partial charge >= 0.3 is 0 Å². The van der Waals surface area contributed by atoms with Crippen LogP contribution in [0.1, 0.15) is 42.9 Å². The number of hydrogen-bond acceptors (Lipinski definition) is 4. The standard InChI is InChI=1S/C19H31N3O3S/c1-5-10-22(17-6-8-20-13-17)18(23)7-9-21-26(24,25)19-15(3)11-14(2)12-16(19)4/h11-12,17,20-21H,5-10,13H2,1-4H3. The van der Waals surface area contributed by atoms with Crippen molar-refractivity contribution in [3.8, 4) is 0 Å². The van der Waals surface area contributed by atoms with Crippen LogP contribution in [0.25, 0.3) is 0 Å². The van der Waals surface area contributed by atoms with E-state index in [9.17, 15) is 13.2 Å². The fourth-order valence-electron chi connectivity index (χ4n) is 3.76. The second-order valence-electron chi connectivity index (χ2n) is 7.11. The van der Waals surface area contributed by atoms with Crippen molar-refractivity contribution < 1.29 is 13.2 Å². The van der Waals surface area contributed by atoms with Crippen molar-refractivity contribution in [3.05, 3.63) is 28.8 Å². The number of amides is 1. The van der Waals surface area contributed by atoms with E-state index in [2.05, 4.69) is 10.0 Å². The lowest BCUT2D eigenvalue weighted by Gasteiger charge is -2.28. The maximum Gasteiger partial charge on any atom is 0.241 e. The Labute approximate surface area is 157 Å². The topological polar surface area (TPSA) is 78.5 Å². The van der Waals surface area contributed by atoms with Gasteiger partial charge in [0.15, 0.2) is 0 Å². The molecule has 2 rings (SSSR count). The first-order chi connectivity index (χ1) is 12.3. The zero-order valence-corrected chi connectivity index (χ0v) is 17.1. The fraction of sp³-hybridized carbons (Fsp3) is 0.632. The molecule has 0 radical (unpaired) electrons. The van der Waals surface area contributed by atoms with Crippen molar-refractivity contribution in [2.75, 3.05) is 26.2 Å². The van der Waals surface area contributed by atoms with Gasteiger partial charge in [0.2, 0.25) is 15.9 Å². The molecule has 26 heavy (non-hydrogen) atoms. The molecule has 1 aliphatic heterocycles. The normalized spacial score (nSPS) is 17.5. The van der Waals surface area contributed by atoms with Crippen LogP contribution in [0, 0.1) is 20.8 Å². The highest BCUT2D eigenvalue weighted by Crippen LogP contribution is 2.21. The highest BCUT2D eigenvalue weighted by molar-refractivity contribution is 7.89. The number of nitrogens with zero attached hydrogens (tertiary/aromatic N) is 1. The minimum atomic E-state index is -3.62. The molecule has 1 unspecified atom stereocenters. The minimum absolute atomic E-state index is 0.0144. The number of rotatable bonds is 8. The van der Waals surface area contributed by atoms with E-state index in [1.807, 2.05) is 30.9 Å². The van der Waals surface area contributed by atoms with Crippen LogP contribution in [0.3, 0.4) is 0 Å². The van der Waals surface area contributed by atoms with Crippen LogP contribution in [0.5, 0.6) is 0 Å². The number of carbonyl (C=O) groups is 1. The van der Waals surface area contributed by atoms with E-state index in [1.54, 1.807) is 13.8 Å². The zero-order valence-electron chi connectivity index (χ0n) is 16.3. The van der Waals surface area contributed by atoms with Gasteiger partial charge in [-0.1, -0.05) is 24.6 Å². The van der Waals surface area contributed by atoms with E-state index in [0.29, 0.717) is 11.4 Å². The minimum Gasteiger partial charge on any atom is -0.338 e. The average molecular weight is 382 g/mol. The van der Waals surface area contributed by atoms with Crippen LogP contribution >= 0.6 is 0 Å². The predicted octanol–water partition coefficient (Wildman–Crippen LogP) is 1.88. The van der Waals surface area contributed by atoms with E-state index < -0.39 is 10.0 Å². The molecule has 0 aromatic heterocycles. The molecular weight excluding hydrogens is 350 g/mol. The molecule has 0 saturated carbocycles. The SMILES string of the molecule is CCCN(C(=O)CCNS(=O)(=O)c1c(C)cc(C)cc1C)C1CCNC1. The molecule has 7 heteroatoms. The molecule has 1 aromatic carbocycles. The lowest BCUT2D eigenvalue weighted by molar-refractivity contribution is -0.133. The number of nitrogens with one attached hydrogen (secondary N) is 2. The Hall–Kier alpha value is -1.44. The first-order valence-corrected chi connectivity index (χ1v) is 10.8. The third kappa shape index (κ3) is 5.05. The average Bonchev–Trinajstić information content (AvgIpc) is 3.04. The molecular formula is C19H31N3O3S. The lowest BCUT2D eigenvalue weighted by Crippen LogP contribution is -2.43. The van der Waals surface area contributed by atoms with Gasteiger partial charge in [-0.15, -0.1) is 0 Å². The molecule has 1 saturated heterocycles. The summed E-state index contributed by atoms with van der Waals surface area (Å²) in [4.78, 5) is 14.8. The summed E-state index contributed by atoms with van der Waals surface area (Å²) in [7, 11) is -3.62. The molecule has 1 aromatic rings. The number of aryl methyl sites for hydroxylation is 3. The molecule has 2 N–H and O–H groups in total. The molecule has 0 bridgehead atoms. The highest BCUT2D eigenvalue weighted by Gasteiger charge is 2.26. The number of hydrogen-bond donors (Lipinski definition) is 2. The second-order valence-corrected chi connectivity index (χ2v) is 8.81. The van der Waals surface area contributed by atoms with Crippen LogP contribution in [0.15, 0.2) is 17.0 Å². The Balaban J connectivity index is 2.00. The predicted molar refractivity (Wildman–Crippen MR) is 104 cm³/mol. The van der Waals surface area contributed by atoms with Crippen molar-refractivity contribution >= 4 is 15.9 Å². The smallest absolute Gasteiger partial charge is 0.241 e. The second kappa shape index (κ2) is 8.97. The monoisotopic (exact) mass is 381 g/mol. The molecule has 0 spiro atoms. The summed E-state index contributed by atoms with van der Waals surface area (Å²) in [6.07, 6.45) is 2.04. The summed E-state index contributed by atoms with van der Waals surface area (Å²) in [5.74, 6) is 0.0144. The quantitative estimate of drug-likeness (QED) is 0.721. The van der Waals surface area contributed by atoms with E-state index in [0.717, 1.165) is 42.6 Å². The zero-order chi connectivity index (χ0) is 19.3. The van der Waals surface area contributed by atoms with E-state index >= 15 is 0 Å². The van der Waals surface area contributed by atoms with E-state index in [-0.39, 0.29) is 24.9 Å². The van der Waals surface area contributed by atoms with Gasteiger partial charge in [-0.2, -0.15) is 0 Å². The van der Waals surface area contributed by atoms with E-state index in [1.165, 1.54) is 0 Å². The molecule has 0 aliphatic carbocycles. The summed E-state index contributed by atoms with van der Waals surface area (Å²) in [5, 5.41) is 3.28. The van der Waals surface area contributed by atoms with Gasteiger partial charge in [0.05, 0.1) is 4.90 Å². The first kappa shape index (κ1) is 20.9.